The number of anilines is 1. The second-order valence-electron chi connectivity index (χ2n) is 11.8. The van der Waals surface area contributed by atoms with Gasteiger partial charge in [0, 0.05) is 31.8 Å². The fraction of sp³-hybridized carbons (Fsp3) is 0.393. The number of nitrogens with zero attached hydrogens (tertiary/aromatic N) is 4. The van der Waals surface area contributed by atoms with Crippen LogP contribution in [-0.2, 0) is 17.6 Å². The Kier molecular flexibility index (Phi) is 7.52. The summed E-state index contributed by atoms with van der Waals surface area (Å²) >= 11 is 0. The maximum Gasteiger partial charge on any atom is 0.419 e. The number of halogens is 4. The number of imidazole rings is 1. The van der Waals surface area contributed by atoms with Crippen LogP contribution in [0.15, 0.2) is 49.1 Å². The highest BCUT2D eigenvalue weighted by Crippen LogP contribution is 2.54. The van der Waals surface area contributed by atoms with Gasteiger partial charge in [-0.05, 0) is 42.4 Å². The lowest BCUT2D eigenvalue weighted by Crippen LogP contribution is -2.40. The van der Waals surface area contributed by atoms with E-state index < -0.39 is 32.0 Å². The van der Waals surface area contributed by atoms with E-state index in [0.29, 0.717) is 48.1 Å². The Morgan fingerprint density at radius 2 is 1.93 bits per heavy atom. The van der Waals surface area contributed by atoms with Gasteiger partial charge in [-0.15, -0.1) is 0 Å². The van der Waals surface area contributed by atoms with Gasteiger partial charge in [0.1, 0.15) is 36.5 Å². The number of hydrogen-bond acceptors (Lipinski definition) is 9. The number of aliphatic hydroxyl groups excluding tert-OH is 1. The van der Waals surface area contributed by atoms with Gasteiger partial charge in [-0.25, -0.2) is 14.4 Å². The first-order valence-electron chi connectivity index (χ1n) is 13.7. The number of benzene rings is 2. The fourth-order valence-electron chi connectivity index (χ4n) is 5.00. The van der Waals surface area contributed by atoms with Gasteiger partial charge in [-0.2, -0.15) is 18.2 Å². The molecule has 1 aliphatic heterocycles. The molecule has 15 heteroatoms. The first-order chi connectivity index (χ1) is 20.4. The normalized spacial score (nSPS) is 20.0. The summed E-state index contributed by atoms with van der Waals surface area (Å²) in [6.07, 6.45) is -3.50. The van der Waals surface area contributed by atoms with Gasteiger partial charge < -0.3 is 24.6 Å². The van der Waals surface area contributed by atoms with Crippen LogP contribution in [0.3, 0.4) is 0 Å². The van der Waals surface area contributed by atoms with Crippen LogP contribution >= 0.6 is 0 Å². The molecular formula is C28H30F4N6O4Si. The lowest BCUT2D eigenvalue weighted by atomic mass is 10.1. The minimum absolute atomic E-state index is 0.0896. The number of hydrogen-bond donors (Lipinski definition) is 3. The van der Waals surface area contributed by atoms with E-state index in [9.17, 15) is 22.7 Å². The van der Waals surface area contributed by atoms with Crippen molar-refractivity contribution in [2.75, 3.05) is 11.9 Å². The molecule has 1 aliphatic carbocycles. The van der Waals surface area contributed by atoms with Crippen molar-refractivity contribution >= 4 is 24.9 Å². The molecule has 2 aliphatic rings. The largest absolute Gasteiger partial charge is 0.488 e. The quantitative estimate of drug-likeness (QED) is 0.0892. The molecule has 0 amide bonds. The van der Waals surface area contributed by atoms with Gasteiger partial charge in [0.25, 0.3) is 5.88 Å². The van der Waals surface area contributed by atoms with Crippen LogP contribution in [0.2, 0.25) is 25.7 Å². The maximum absolute atomic E-state index is 13.6. The summed E-state index contributed by atoms with van der Waals surface area (Å²) in [5.41, 5.74) is 0.407. The van der Waals surface area contributed by atoms with Crippen LogP contribution in [0.25, 0.3) is 11.2 Å². The van der Waals surface area contributed by atoms with E-state index in [1.807, 2.05) is 6.07 Å². The summed E-state index contributed by atoms with van der Waals surface area (Å²) in [4.78, 5) is 13.0. The third-order valence-electron chi connectivity index (χ3n) is 7.29. The van der Waals surface area contributed by atoms with Crippen molar-refractivity contribution in [2.24, 2.45) is 0 Å². The molecule has 3 N–H and O–H groups in total. The Morgan fingerprint density at radius 3 is 2.70 bits per heavy atom. The number of nitrogens with one attached hydrogen (secondary N) is 2. The SMILES string of the molecule is C[Si](C)(C)CCOCn1cnc2c(Oc3ccc4c(c3)[C@H]3[C@H](NC(O)Nc5ccc(F)c(C(F)(F)F)c5)[C@H]3O4)ncnc21. The van der Waals surface area contributed by atoms with E-state index in [1.54, 1.807) is 23.0 Å². The number of ether oxygens (including phenoxy) is 3. The van der Waals surface area contributed by atoms with Crippen LogP contribution < -0.4 is 20.1 Å². The smallest absolute Gasteiger partial charge is 0.419 e. The van der Waals surface area contributed by atoms with Crippen LogP contribution in [0, 0.1) is 5.82 Å². The Bertz CT molecular complexity index is 1650. The predicted molar refractivity (Wildman–Crippen MR) is 151 cm³/mol. The number of aromatic nitrogens is 4. The van der Waals surface area contributed by atoms with Crippen molar-refractivity contribution in [3.05, 3.63) is 66.0 Å². The van der Waals surface area contributed by atoms with Crippen molar-refractivity contribution in [1.29, 1.82) is 0 Å². The summed E-state index contributed by atoms with van der Waals surface area (Å²) in [5.74, 6) is -0.0584. The summed E-state index contributed by atoms with van der Waals surface area (Å²) < 4.78 is 72.4. The summed E-state index contributed by atoms with van der Waals surface area (Å²) in [6, 6.07) is 8.52. The highest BCUT2D eigenvalue weighted by atomic mass is 28.3. The Balaban J connectivity index is 1.09. The average molecular weight is 619 g/mol. The Hall–Kier alpha value is -3.79. The minimum Gasteiger partial charge on any atom is -0.488 e. The van der Waals surface area contributed by atoms with Crippen molar-refractivity contribution in [1.82, 2.24) is 24.8 Å². The number of aliphatic hydroxyl groups is 1. The highest BCUT2D eigenvalue weighted by Gasteiger charge is 2.59. The lowest BCUT2D eigenvalue weighted by molar-refractivity contribution is -0.139. The van der Waals surface area contributed by atoms with E-state index in [2.05, 4.69) is 45.2 Å². The van der Waals surface area contributed by atoms with Crippen LogP contribution in [-0.4, -0.2) is 57.8 Å². The minimum atomic E-state index is -4.86. The fourth-order valence-corrected chi connectivity index (χ4v) is 5.76. The van der Waals surface area contributed by atoms with Gasteiger partial charge in [-0.1, -0.05) is 19.6 Å². The van der Waals surface area contributed by atoms with E-state index in [0.717, 1.165) is 17.7 Å². The van der Waals surface area contributed by atoms with Gasteiger partial charge in [-0.3, -0.25) is 9.88 Å². The van der Waals surface area contributed by atoms with Gasteiger partial charge in [0.05, 0.1) is 17.9 Å². The Labute approximate surface area is 245 Å². The van der Waals surface area contributed by atoms with Crippen molar-refractivity contribution < 1.29 is 36.9 Å². The second-order valence-corrected chi connectivity index (χ2v) is 17.4. The standard InChI is InChI=1S/C28H30F4N6O4Si/c1-43(2,3)9-8-40-14-38-13-35-23-25(38)33-12-34-26(23)41-16-5-7-20-17(11-16)21-22(24(21)42-20)37-27(39)36-15-4-6-19(29)18(10-15)28(30,31)32/h4-7,10-13,21-22,24,27,36-37,39H,8-9,14H2,1-3H3/t21-,22-,24-,27?/m0/s1. The molecule has 4 atom stereocenters. The number of rotatable bonds is 11. The molecule has 6 rings (SSSR count). The molecule has 0 radical (unpaired) electrons. The molecule has 0 bridgehead atoms. The molecule has 43 heavy (non-hydrogen) atoms. The molecule has 2 aromatic heterocycles. The van der Waals surface area contributed by atoms with E-state index in [-0.39, 0.29) is 29.6 Å². The van der Waals surface area contributed by atoms with E-state index in [1.165, 1.54) is 6.33 Å². The molecule has 2 aromatic carbocycles. The van der Waals surface area contributed by atoms with Crippen molar-refractivity contribution in [2.45, 2.75) is 63.0 Å². The van der Waals surface area contributed by atoms with Crippen LogP contribution in [0.4, 0.5) is 23.2 Å². The lowest BCUT2D eigenvalue weighted by Gasteiger charge is -2.19. The molecule has 228 valence electrons. The average Bonchev–Trinajstić information content (AvgIpc) is 3.24. The van der Waals surface area contributed by atoms with Crippen molar-refractivity contribution in [3.63, 3.8) is 0 Å². The number of alkyl halides is 3. The van der Waals surface area contributed by atoms with Gasteiger partial charge in [0.15, 0.2) is 17.5 Å². The molecule has 0 saturated heterocycles. The van der Waals surface area contributed by atoms with Crippen molar-refractivity contribution in [3.8, 4) is 17.4 Å². The molecule has 3 heterocycles. The molecule has 4 aromatic rings. The van der Waals surface area contributed by atoms with Gasteiger partial charge >= 0.3 is 6.18 Å². The predicted octanol–water partition coefficient (Wildman–Crippen LogP) is 5.29. The highest BCUT2D eigenvalue weighted by molar-refractivity contribution is 6.76. The molecular weight excluding hydrogens is 588 g/mol. The first-order valence-corrected chi connectivity index (χ1v) is 17.4. The topological polar surface area (TPSA) is 116 Å². The van der Waals surface area contributed by atoms with Crippen LogP contribution in [0.1, 0.15) is 17.0 Å². The zero-order valence-corrected chi connectivity index (χ0v) is 24.5. The third-order valence-corrected chi connectivity index (χ3v) is 9.00. The summed E-state index contributed by atoms with van der Waals surface area (Å²) in [7, 11) is -1.20. The summed E-state index contributed by atoms with van der Waals surface area (Å²) in [5, 5.41) is 15.8. The molecule has 0 spiro atoms. The zero-order valence-electron chi connectivity index (χ0n) is 23.5. The number of fused-ring (bicyclic) bond motifs is 4. The second kappa shape index (κ2) is 11.0. The van der Waals surface area contributed by atoms with E-state index in [4.69, 9.17) is 14.2 Å². The monoisotopic (exact) mass is 618 g/mol. The van der Waals surface area contributed by atoms with E-state index >= 15 is 0 Å². The Morgan fingerprint density at radius 1 is 1.12 bits per heavy atom. The molecule has 10 nitrogen and oxygen atoms in total. The molecule has 1 fully saturated rings. The van der Waals surface area contributed by atoms with Crippen LogP contribution in [0.5, 0.6) is 17.4 Å². The first kappa shape index (κ1) is 29.3. The maximum atomic E-state index is 13.6. The summed E-state index contributed by atoms with van der Waals surface area (Å²) in [6.45, 7) is 7.86. The van der Waals surface area contributed by atoms with Gasteiger partial charge in [0.2, 0.25) is 0 Å². The zero-order chi connectivity index (χ0) is 30.5. The third kappa shape index (κ3) is 6.29. The molecule has 1 unspecified atom stereocenters. The molecule has 1 saturated carbocycles.